The van der Waals surface area contributed by atoms with Crippen molar-refractivity contribution in [2.24, 2.45) is 5.92 Å². The third-order valence-electron chi connectivity index (χ3n) is 5.21. The summed E-state index contributed by atoms with van der Waals surface area (Å²) < 4.78 is 21.7. The minimum atomic E-state index is -0.398. The SMILES string of the molecule is O=C(Nc1ccc2c(c1)OCCO2)C1CC(=O)N(Cc2ccc3c(c2)OCO3)C1. The maximum absolute atomic E-state index is 12.7. The van der Waals surface area contributed by atoms with E-state index in [0.29, 0.717) is 55.0 Å². The molecule has 2 amide bonds. The van der Waals surface area contributed by atoms with Crippen LogP contribution in [0.5, 0.6) is 23.0 Å². The predicted molar refractivity (Wildman–Crippen MR) is 102 cm³/mol. The molecule has 2 aromatic rings. The number of hydrogen-bond acceptors (Lipinski definition) is 6. The second-order valence-electron chi connectivity index (χ2n) is 7.21. The third kappa shape index (κ3) is 3.53. The standard InChI is InChI=1S/C21H20N2O6/c24-20-8-14(11-23(20)10-13-1-3-17-18(7-13)29-12-28-17)21(25)22-15-2-4-16-19(9-15)27-6-5-26-16/h1-4,7,9,14H,5-6,8,10-12H2,(H,22,25). The van der Waals surface area contributed by atoms with Gasteiger partial charge in [-0.2, -0.15) is 0 Å². The summed E-state index contributed by atoms with van der Waals surface area (Å²) in [5, 5.41) is 2.88. The highest BCUT2D eigenvalue weighted by molar-refractivity contribution is 5.97. The third-order valence-corrected chi connectivity index (χ3v) is 5.21. The first-order valence-corrected chi connectivity index (χ1v) is 9.52. The molecule has 3 heterocycles. The van der Waals surface area contributed by atoms with Crippen molar-refractivity contribution in [2.45, 2.75) is 13.0 Å². The van der Waals surface area contributed by atoms with Crippen LogP contribution in [0.25, 0.3) is 0 Å². The maximum Gasteiger partial charge on any atom is 0.231 e. The molecule has 8 nitrogen and oxygen atoms in total. The molecular weight excluding hydrogens is 376 g/mol. The number of carbonyl (C=O) groups is 2. The Morgan fingerprint density at radius 2 is 1.69 bits per heavy atom. The van der Waals surface area contributed by atoms with E-state index >= 15 is 0 Å². The van der Waals surface area contributed by atoms with Crippen molar-refractivity contribution in [3.05, 3.63) is 42.0 Å². The highest BCUT2D eigenvalue weighted by Crippen LogP contribution is 2.34. The van der Waals surface area contributed by atoms with E-state index in [1.54, 1.807) is 23.1 Å². The fourth-order valence-corrected chi connectivity index (χ4v) is 3.73. The Balaban J connectivity index is 1.22. The summed E-state index contributed by atoms with van der Waals surface area (Å²) in [6.45, 7) is 2.02. The van der Waals surface area contributed by atoms with E-state index in [9.17, 15) is 9.59 Å². The minimum absolute atomic E-state index is 0.0370. The van der Waals surface area contributed by atoms with E-state index in [1.807, 2.05) is 18.2 Å². The van der Waals surface area contributed by atoms with Gasteiger partial charge in [-0.25, -0.2) is 0 Å². The van der Waals surface area contributed by atoms with Gasteiger partial charge in [0.1, 0.15) is 13.2 Å². The van der Waals surface area contributed by atoms with Gasteiger partial charge in [-0.05, 0) is 29.8 Å². The smallest absolute Gasteiger partial charge is 0.231 e. The summed E-state index contributed by atoms with van der Waals surface area (Å²) in [4.78, 5) is 26.8. The predicted octanol–water partition coefficient (Wildman–Crippen LogP) is 2.17. The molecule has 1 unspecified atom stereocenters. The summed E-state index contributed by atoms with van der Waals surface area (Å²) in [7, 11) is 0. The Hall–Kier alpha value is -3.42. The largest absolute Gasteiger partial charge is 0.486 e. The van der Waals surface area contributed by atoms with Gasteiger partial charge in [-0.1, -0.05) is 6.07 Å². The average Bonchev–Trinajstić information content (AvgIpc) is 3.34. The van der Waals surface area contributed by atoms with Gasteiger partial charge in [-0.15, -0.1) is 0 Å². The van der Waals surface area contributed by atoms with Crippen LogP contribution >= 0.6 is 0 Å². The van der Waals surface area contributed by atoms with Gasteiger partial charge < -0.3 is 29.2 Å². The van der Waals surface area contributed by atoms with Crippen LogP contribution in [-0.2, 0) is 16.1 Å². The second-order valence-corrected chi connectivity index (χ2v) is 7.21. The van der Waals surface area contributed by atoms with Crippen molar-refractivity contribution in [1.29, 1.82) is 0 Å². The molecule has 29 heavy (non-hydrogen) atoms. The molecule has 0 saturated carbocycles. The van der Waals surface area contributed by atoms with Crippen molar-refractivity contribution in [3.8, 4) is 23.0 Å². The molecule has 1 N–H and O–H groups in total. The molecule has 1 fully saturated rings. The summed E-state index contributed by atoms with van der Waals surface area (Å²) in [6, 6.07) is 10.9. The van der Waals surface area contributed by atoms with E-state index in [1.165, 1.54) is 0 Å². The average molecular weight is 396 g/mol. The Morgan fingerprint density at radius 1 is 0.966 bits per heavy atom. The van der Waals surface area contributed by atoms with E-state index in [0.717, 1.165) is 5.56 Å². The van der Waals surface area contributed by atoms with Crippen LogP contribution in [-0.4, -0.2) is 43.3 Å². The fraction of sp³-hybridized carbons (Fsp3) is 0.333. The maximum atomic E-state index is 12.7. The van der Waals surface area contributed by atoms with Gasteiger partial charge in [0, 0.05) is 31.3 Å². The lowest BCUT2D eigenvalue weighted by Gasteiger charge is -2.19. The molecular formula is C21H20N2O6. The first-order valence-electron chi connectivity index (χ1n) is 9.52. The van der Waals surface area contributed by atoms with Crippen molar-refractivity contribution >= 4 is 17.5 Å². The van der Waals surface area contributed by atoms with Crippen molar-refractivity contribution < 1.29 is 28.5 Å². The highest BCUT2D eigenvalue weighted by Gasteiger charge is 2.34. The molecule has 0 radical (unpaired) electrons. The molecule has 0 aromatic heterocycles. The highest BCUT2D eigenvalue weighted by atomic mass is 16.7. The summed E-state index contributed by atoms with van der Waals surface area (Å²) in [5.74, 6) is 2.05. The number of anilines is 1. The van der Waals surface area contributed by atoms with Gasteiger partial charge in [-0.3, -0.25) is 9.59 Å². The molecule has 0 aliphatic carbocycles. The summed E-state index contributed by atoms with van der Waals surface area (Å²) in [5.41, 5.74) is 1.57. The number of ether oxygens (including phenoxy) is 4. The first kappa shape index (κ1) is 17.7. The Bertz CT molecular complexity index is 976. The monoisotopic (exact) mass is 396 g/mol. The lowest BCUT2D eigenvalue weighted by atomic mass is 10.1. The van der Waals surface area contributed by atoms with E-state index in [4.69, 9.17) is 18.9 Å². The Labute approximate surface area is 167 Å². The second kappa shape index (κ2) is 7.20. The van der Waals surface area contributed by atoms with E-state index < -0.39 is 5.92 Å². The van der Waals surface area contributed by atoms with Crippen molar-refractivity contribution in [2.75, 3.05) is 31.9 Å². The number of nitrogens with one attached hydrogen (secondary N) is 1. The van der Waals surface area contributed by atoms with E-state index in [-0.39, 0.29) is 25.0 Å². The molecule has 5 rings (SSSR count). The lowest BCUT2D eigenvalue weighted by molar-refractivity contribution is -0.128. The topological polar surface area (TPSA) is 86.3 Å². The van der Waals surface area contributed by atoms with Gasteiger partial charge in [0.2, 0.25) is 18.6 Å². The molecule has 3 aliphatic rings. The Kier molecular flexibility index (Phi) is 4.38. The molecule has 0 spiro atoms. The number of benzene rings is 2. The molecule has 1 saturated heterocycles. The van der Waals surface area contributed by atoms with Gasteiger partial charge >= 0.3 is 0 Å². The molecule has 8 heteroatoms. The molecule has 3 aliphatic heterocycles. The zero-order chi connectivity index (χ0) is 19.8. The number of rotatable bonds is 4. The lowest BCUT2D eigenvalue weighted by Crippen LogP contribution is -2.28. The quantitative estimate of drug-likeness (QED) is 0.853. The fourth-order valence-electron chi connectivity index (χ4n) is 3.73. The van der Waals surface area contributed by atoms with Crippen LogP contribution in [0.3, 0.4) is 0 Å². The number of fused-ring (bicyclic) bond motifs is 2. The van der Waals surface area contributed by atoms with Crippen LogP contribution in [0.2, 0.25) is 0 Å². The molecule has 0 bridgehead atoms. The molecule has 1 atom stereocenters. The number of hydrogen-bond donors (Lipinski definition) is 1. The van der Waals surface area contributed by atoms with E-state index in [2.05, 4.69) is 5.32 Å². The van der Waals surface area contributed by atoms with Gasteiger partial charge in [0.15, 0.2) is 23.0 Å². The van der Waals surface area contributed by atoms with Crippen LogP contribution in [0.15, 0.2) is 36.4 Å². The van der Waals surface area contributed by atoms with Crippen LogP contribution < -0.4 is 24.3 Å². The Morgan fingerprint density at radius 3 is 2.59 bits per heavy atom. The number of nitrogens with zero attached hydrogens (tertiary/aromatic N) is 1. The zero-order valence-corrected chi connectivity index (χ0v) is 15.7. The zero-order valence-electron chi connectivity index (χ0n) is 15.7. The van der Waals surface area contributed by atoms with Crippen LogP contribution in [0, 0.1) is 5.92 Å². The minimum Gasteiger partial charge on any atom is -0.486 e. The number of carbonyl (C=O) groups excluding carboxylic acids is 2. The summed E-state index contributed by atoms with van der Waals surface area (Å²) >= 11 is 0. The number of likely N-dealkylation sites (tertiary alicyclic amines) is 1. The summed E-state index contributed by atoms with van der Waals surface area (Å²) in [6.07, 6.45) is 0.195. The number of amides is 2. The molecule has 150 valence electrons. The van der Waals surface area contributed by atoms with Crippen LogP contribution in [0.1, 0.15) is 12.0 Å². The van der Waals surface area contributed by atoms with Crippen LogP contribution in [0.4, 0.5) is 5.69 Å². The van der Waals surface area contributed by atoms with Gasteiger partial charge in [0.05, 0.1) is 5.92 Å². The molecule has 2 aromatic carbocycles. The van der Waals surface area contributed by atoms with Crippen molar-refractivity contribution in [3.63, 3.8) is 0 Å². The van der Waals surface area contributed by atoms with Gasteiger partial charge in [0.25, 0.3) is 0 Å². The van der Waals surface area contributed by atoms with Crippen molar-refractivity contribution in [1.82, 2.24) is 4.90 Å². The normalized spacial score (nSPS) is 19.4. The first-order chi connectivity index (χ1) is 14.2.